The maximum atomic E-state index is 13.2. The van der Waals surface area contributed by atoms with E-state index in [2.05, 4.69) is 17.0 Å². The summed E-state index contributed by atoms with van der Waals surface area (Å²) in [5.41, 5.74) is 1.27. The summed E-state index contributed by atoms with van der Waals surface area (Å²) in [7, 11) is -0.218. The van der Waals surface area contributed by atoms with E-state index < -0.39 is 10.0 Å². The van der Waals surface area contributed by atoms with E-state index in [-0.39, 0.29) is 5.41 Å². The number of likely N-dealkylation sites (tertiary alicyclic amines) is 1. The van der Waals surface area contributed by atoms with Crippen molar-refractivity contribution in [3.63, 3.8) is 0 Å². The Morgan fingerprint density at radius 2 is 1.70 bits per heavy atom. The standard InChI is InChI=1S/C23H30N2O4S/c1-28-20-7-9-22(10-8-20)30(26,27)25-14-12-23(18-25)11-4-13-24(17-23)16-19-5-3-6-21(15-19)29-2/h3,5-10,15H,4,11-14,16-18H2,1-2H3/t23-/m0/s1. The summed E-state index contributed by atoms with van der Waals surface area (Å²) in [4.78, 5) is 2.80. The van der Waals surface area contributed by atoms with Gasteiger partial charge < -0.3 is 9.47 Å². The molecule has 2 fully saturated rings. The second-order valence-corrected chi connectivity index (χ2v) is 10.4. The fourth-order valence-electron chi connectivity index (χ4n) is 4.80. The fraction of sp³-hybridized carbons (Fsp3) is 0.478. The topological polar surface area (TPSA) is 59.1 Å². The normalized spacial score (nSPS) is 23.0. The lowest BCUT2D eigenvalue weighted by atomic mass is 9.79. The van der Waals surface area contributed by atoms with Crippen LogP contribution in [0.1, 0.15) is 24.8 Å². The maximum absolute atomic E-state index is 13.2. The first kappa shape index (κ1) is 21.2. The second-order valence-electron chi connectivity index (χ2n) is 8.43. The van der Waals surface area contributed by atoms with Gasteiger partial charge in [0, 0.05) is 26.2 Å². The molecule has 0 radical (unpaired) electrons. The lowest BCUT2D eigenvalue weighted by Crippen LogP contribution is -2.44. The highest BCUT2D eigenvalue weighted by molar-refractivity contribution is 7.89. The number of methoxy groups -OCH3 is 2. The Morgan fingerprint density at radius 3 is 2.43 bits per heavy atom. The molecular weight excluding hydrogens is 400 g/mol. The minimum Gasteiger partial charge on any atom is -0.497 e. The van der Waals surface area contributed by atoms with E-state index in [0.29, 0.717) is 23.7 Å². The van der Waals surface area contributed by atoms with Crippen LogP contribution < -0.4 is 9.47 Å². The molecule has 1 spiro atoms. The summed E-state index contributed by atoms with van der Waals surface area (Å²) in [6.07, 6.45) is 3.09. The molecule has 0 amide bonds. The highest BCUT2D eigenvalue weighted by atomic mass is 32.2. The first-order valence-electron chi connectivity index (χ1n) is 10.4. The predicted octanol–water partition coefficient (Wildman–Crippen LogP) is 3.38. The Kier molecular flexibility index (Phi) is 6.04. The van der Waals surface area contributed by atoms with Gasteiger partial charge in [-0.15, -0.1) is 0 Å². The van der Waals surface area contributed by atoms with Gasteiger partial charge in [-0.3, -0.25) is 4.90 Å². The summed E-state index contributed by atoms with van der Waals surface area (Å²) in [5.74, 6) is 1.53. The molecular formula is C23H30N2O4S. The van der Waals surface area contributed by atoms with Crippen molar-refractivity contribution in [1.82, 2.24) is 9.21 Å². The van der Waals surface area contributed by atoms with Crippen LogP contribution in [-0.2, 0) is 16.6 Å². The van der Waals surface area contributed by atoms with Crippen LogP contribution >= 0.6 is 0 Å². The van der Waals surface area contributed by atoms with Crippen molar-refractivity contribution in [2.75, 3.05) is 40.4 Å². The third-order valence-corrected chi connectivity index (χ3v) is 8.24. The lowest BCUT2D eigenvalue weighted by molar-refractivity contribution is 0.0934. The third kappa shape index (κ3) is 4.33. The van der Waals surface area contributed by atoms with Gasteiger partial charge in [-0.25, -0.2) is 8.42 Å². The van der Waals surface area contributed by atoms with E-state index in [0.717, 1.165) is 44.6 Å². The summed E-state index contributed by atoms with van der Waals surface area (Å²) in [6.45, 7) is 4.02. The van der Waals surface area contributed by atoms with Crippen molar-refractivity contribution in [2.45, 2.75) is 30.7 Å². The molecule has 1 atom stereocenters. The highest BCUT2D eigenvalue weighted by Crippen LogP contribution is 2.41. The summed E-state index contributed by atoms with van der Waals surface area (Å²) in [6, 6.07) is 14.9. The number of rotatable bonds is 6. The average molecular weight is 431 g/mol. The summed E-state index contributed by atoms with van der Waals surface area (Å²) >= 11 is 0. The van der Waals surface area contributed by atoms with Gasteiger partial charge in [-0.1, -0.05) is 12.1 Å². The summed E-state index contributed by atoms with van der Waals surface area (Å²) in [5, 5.41) is 0. The minimum atomic E-state index is -3.48. The molecule has 0 aromatic heterocycles. The number of piperidine rings is 1. The van der Waals surface area contributed by atoms with Crippen LogP contribution in [0.2, 0.25) is 0 Å². The van der Waals surface area contributed by atoms with Crippen molar-refractivity contribution in [3.8, 4) is 11.5 Å². The molecule has 6 nitrogen and oxygen atoms in total. The van der Waals surface area contributed by atoms with Gasteiger partial charge >= 0.3 is 0 Å². The quantitative estimate of drug-likeness (QED) is 0.703. The number of hydrogen-bond acceptors (Lipinski definition) is 5. The van der Waals surface area contributed by atoms with Crippen LogP contribution in [0.5, 0.6) is 11.5 Å². The van der Waals surface area contributed by atoms with Crippen LogP contribution in [0.25, 0.3) is 0 Å². The van der Waals surface area contributed by atoms with Gasteiger partial charge in [0.2, 0.25) is 10.0 Å². The van der Waals surface area contributed by atoms with Gasteiger partial charge in [0.15, 0.2) is 0 Å². The van der Waals surface area contributed by atoms with E-state index in [1.807, 2.05) is 12.1 Å². The Morgan fingerprint density at radius 1 is 0.933 bits per heavy atom. The second kappa shape index (κ2) is 8.57. The molecule has 0 bridgehead atoms. The van der Waals surface area contributed by atoms with Crippen molar-refractivity contribution in [2.24, 2.45) is 5.41 Å². The first-order valence-corrected chi connectivity index (χ1v) is 11.9. The molecule has 162 valence electrons. The highest BCUT2D eigenvalue weighted by Gasteiger charge is 2.45. The Balaban J connectivity index is 1.45. The monoisotopic (exact) mass is 430 g/mol. The zero-order valence-corrected chi connectivity index (χ0v) is 18.5. The molecule has 7 heteroatoms. The first-order chi connectivity index (χ1) is 14.4. The SMILES string of the molecule is COc1ccc(S(=O)(=O)N2CC[C@]3(CCCN(Cc4cccc(OC)c4)C3)C2)cc1. The number of sulfonamides is 1. The van der Waals surface area contributed by atoms with E-state index in [9.17, 15) is 8.42 Å². The zero-order valence-electron chi connectivity index (χ0n) is 17.7. The number of ether oxygens (including phenoxy) is 2. The number of nitrogens with zero attached hydrogens (tertiary/aromatic N) is 2. The van der Waals surface area contributed by atoms with Crippen molar-refractivity contribution in [1.29, 1.82) is 0 Å². The number of benzene rings is 2. The van der Waals surface area contributed by atoms with Crippen LogP contribution in [-0.4, -0.2) is 58.0 Å². The van der Waals surface area contributed by atoms with Crippen LogP contribution in [0.4, 0.5) is 0 Å². The molecule has 0 N–H and O–H groups in total. The van der Waals surface area contributed by atoms with Crippen molar-refractivity contribution < 1.29 is 17.9 Å². The summed E-state index contributed by atoms with van der Waals surface area (Å²) < 4.78 is 38.5. The molecule has 2 saturated heterocycles. The molecule has 0 aliphatic carbocycles. The molecule has 2 aliphatic heterocycles. The predicted molar refractivity (Wildman–Crippen MR) is 116 cm³/mol. The van der Waals surface area contributed by atoms with Crippen LogP contribution in [0.3, 0.4) is 0 Å². The maximum Gasteiger partial charge on any atom is 0.243 e. The molecule has 2 aromatic carbocycles. The average Bonchev–Trinajstić information content (AvgIpc) is 3.17. The van der Waals surface area contributed by atoms with Crippen LogP contribution in [0, 0.1) is 5.41 Å². The molecule has 30 heavy (non-hydrogen) atoms. The largest absolute Gasteiger partial charge is 0.497 e. The third-order valence-electron chi connectivity index (χ3n) is 6.38. The van der Waals surface area contributed by atoms with E-state index in [1.54, 1.807) is 42.8 Å². The molecule has 2 aromatic rings. The molecule has 2 heterocycles. The van der Waals surface area contributed by atoms with Crippen molar-refractivity contribution in [3.05, 3.63) is 54.1 Å². The lowest BCUT2D eigenvalue weighted by Gasteiger charge is -2.40. The molecule has 2 aliphatic rings. The zero-order chi connectivity index (χ0) is 21.2. The smallest absolute Gasteiger partial charge is 0.243 e. The Labute approximate surface area is 179 Å². The van der Waals surface area contributed by atoms with E-state index >= 15 is 0 Å². The number of hydrogen-bond donors (Lipinski definition) is 0. The van der Waals surface area contributed by atoms with E-state index in [1.165, 1.54) is 5.56 Å². The molecule has 0 unspecified atom stereocenters. The minimum absolute atomic E-state index is 0.0384. The van der Waals surface area contributed by atoms with Gasteiger partial charge in [0.1, 0.15) is 11.5 Å². The molecule has 0 saturated carbocycles. The van der Waals surface area contributed by atoms with Crippen LogP contribution in [0.15, 0.2) is 53.4 Å². The van der Waals surface area contributed by atoms with Gasteiger partial charge in [0.05, 0.1) is 19.1 Å². The van der Waals surface area contributed by atoms with Gasteiger partial charge in [0.25, 0.3) is 0 Å². The Hall–Kier alpha value is -2.09. The van der Waals surface area contributed by atoms with E-state index in [4.69, 9.17) is 9.47 Å². The van der Waals surface area contributed by atoms with Gasteiger partial charge in [-0.05, 0) is 73.2 Å². The Bertz CT molecular complexity index is 977. The van der Waals surface area contributed by atoms with Gasteiger partial charge in [-0.2, -0.15) is 4.31 Å². The molecule has 4 rings (SSSR count). The van der Waals surface area contributed by atoms with Crippen molar-refractivity contribution >= 4 is 10.0 Å². The fourth-order valence-corrected chi connectivity index (χ4v) is 6.36.